The summed E-state index contributed by atoms with van der Waals surface area (Å²) >= 11 is 3.45. The van der Waals surface area contributed by atoms with Crippen LogP contribution in [0.5, 0.6) is 0 Å². The Bertz CT molecular complexity index is 781. The van der Waals surface area contributed by atoms with Gasteiger partial charge in [0.05, 0.1) is 10.1 Å². The maximum absolute atomic E-state index is 11.3. The molecule has 3 rings (SSSR count). The van der Waals surface area contributed by atoms with Crippen LogP contribution in [-0.2, 0) is 6.42 Å². The molecule has 0 unspecified atom stereocenters. The van der Waals surface area contributed by atoms with Crippen LogP contribution in [0.25, 0.3) is 5.52 Å². The molecule has 0 radical (unpaired) electrons. The average molecular weight is 331 g/mol. The lowest BCUT2D eigenvalue weighted by atomic mass is 10.1. The summed E-state index contributed by atoms with van der Waals surface area (Å²) in [4.78, 5) is 15.6. The second kappa shape index (κ2) is 5.09. The molecule has 100 valence electrons. The summed E-state index contributed by atoms with van der Waals surface area (Å²) in [7, 11) is 0. The Morgan fingerprint density at radius 1 is 1.15 bits per heavy atom. The predicted molar refractivity (Wildman–Crippen MR) is 79.1 cm³/mol. The Hall–Kier alpha value is -2.14. The molecule has 0 aliphatic rings. The van der Waals surface area contributed by atoms with Crippen molar-refractivity contribution in [3.8, 4) is 0 Å². The number of fused-ring (bicyclic) bond motifs is 1. The number of aromatic carboxylic acids is 1. The third-order valence-corrected chi connectivity index (χ3v) is 3.71. The number of benzene rings is 1. The SMILES string of the molecule is O=C(O)c1nc(Cc2ccccc2)n2c(Br)cccc12. The first-order chi connectivity index (χ1) is 9.66. The number of aromatic nitrogens is 2. The van der Waals surface area contributed by atoms with E-state index in [1.807, 2.05) is 40.8 Å². The number of hydrogen-bond donors (Lipinski definition) is 1. The van der Waals surface area contributed by atoms with Gasteiger partial charge < -0.3 is 5.11 Å². The van der Waals surface area contributed by atoms with Crippen LogP contribution in [0.3, 0.4) is 0 Å². The minimum absolute atomic E-state index is 0.0808. The maximum atomic E-state index is 11.3. The van der Waals surface area contributed by atoms with Crippen molar-refractivity contribution in [1.82, 2.24) is 9.38 Å². The third kappa shape index (κ3) is 2.20. The van der Waals surface area contributed by atoms with Gasteiger partial charge in [-0.05, 0) is 33.6 Å². The van der Waals surface area contributed by atoms with Crippen LogP contribution < -0.4 is 0 Å². The van der Waals surface area contributed by atoms with E-state index in [9.17, 15) is 9.90 Å². The van der Waals surface area contributed by atoms with Crippen molar-refractivity contribution in [2.24, 2.45) is 0 Å². The first-order valence-electron chi connectivity index (χ1n) is 6.10. The molecular weight excluding hydrogens is 320 g/mol. The highest BCUT2D eigenvalue weighted by Crippen LogP contribution is 2.21. The van der Waals surface area contributed by atoms with E-state index in [0.29, 0.717) is 17.8 Å². The highest BCUT2D eigenvalue weighted by atomic mass is 79.9. The van der Waals surface area contributed by atoms with Crippen LogP contribution >= 0.6 is 15.9 Å². The molecule has 0 amide bonds. The molecular formula is C15H11BrN2O2. The van der Waals surface area contributed by atoms with Crippen molar-refractivity contribution < 1.29 is 9.90 Å². The first-order valence-corrected chi connectivity index (χ1v) is 6.89. The molecule has 1 aromatic carbocycles. The largest absolute Gasteiger partial charge is 0.476 e. The van der Waals surface area contributed by atoms with Gasteiger partial charge in [-0.25, -0.2) is 9.78 Å². The summed E-state index contributed by atoms with van der Waals surface area (Å²) in [6.45, 7) is 0. The van der Waals surface area contributed by atoms with Gasteiger partial charge in [0.15, 0.2) is 5.69 Å². The van der Waals surface area contributed by atoms with Crippen LogP contribution in [0.4, 0.5) is 0 Å². The van der Waals surface area contributed by atoms with Gasteiger partial charge in [-0.3, -0.25) is 4.40 Å². The molecule has 0 spiro atoms. The van der Waals surface area contributed by atoms with Crippen molar-refractivity contribution in [3.05, 3.63) is 70.2 Å². The summed E-state index contributed by atoms with van der Waals surface area (Å²) in [5, 5.41) is 9.26. The third-order valence-electron chi connectivity index (χ3n) is 3.09. The molecule has 0 saturated heterocycles. The van der Waals surface area contributed by atoms with E-state index in [-0.39, 0.29) is 5.69 Å². The van der Waals surface area contributed by atoms with E-state index in [1.165, 1.54) is 0 Å². The van der Waals surface area contributed by atoms with E-state index in [0.717, 1.165) is 10.2 Å². The maximum Gasteiger partial charge on any atom is 0.356 e. The van der Waals surface area contributed by atoms with Gasteiger partial charge in [0, 0.05) is 6.42 Å². The summed E-state index contributed by atoms with van der Waals surface area (Å²) in [6.07, 6.45) is 0.581. The van der Waals surface area contributed by atoms with Crippen molar-refractivity contribution in [2.75, 3.05) is 0 Å². The van der Waals surface area contributed by atoms with Crippen LogP contribution in [0.2, 0.25) is 0 Å². The molecule has 1 N–H and O–H groups in total. The molecule has 5 heteroatoms. The number of carboxylic acid groups (broad SMARTS) is 1. The van der Waals surface area contributed by atoms with Gasteiger partial charge in [-0.1, -0.05) is 36.4 Å². The van der Waals surface area contributed by atoms with E-state index >= 15 is 0 Å². The van der Waals surface area contributed by atoms with Crippen LogP contribution in [-0.4, -0.2) is 20.5 Å². The van der Waals surface area contributed by atoms with Crippen molar-refractivity contribution in [2.45, 2.75) is 6.42 Å². The fraction of sp³-hybridized carbons (Fsp3) is 0.0667. The first kappa shape index (κ1) is 12.9. The van der Waals surface area contributed by atoms with E-state index < -0.39 is 5.97 Å². The van der Waals surface area contributed by atoms with Crippen molar-refractivity contribution >= 4 is 27.4 Å². The van der Waals surface area contributed by atoms with Crippen molar-refractivity contribution in [1.29, 1.82) is 0 Å². The average Bonchev–Trinajstić information content (AvgIpc) is 2.80. The number of imidazole rings is 1. The summed E-state index contributed by atoms with van der Waals surface area (Å²) in [5.41, 5.74) is 1.77. The lowest BCUT2D eigenvalue weighted by molar-refractivity contribution is 0.0693. The molecule has 2 aromatic heterocycles. The molecule has 0 aliphatic carbocycles. The second-order valence-corrected chi connectivity index (χ2v) is 5.23. The molecule has 0 saturated carbocycles. The molecule has 4 nitrogen and oxygen atoms in total. The number of halogens is 1. The highest BCUT2D eigenvalue weighted by molar-refractivity contribution is 9.10. The topological polar surface area (TPSA) is 54.6 Å². The number of carboxylic acids is 1. The second-order valence-electron chi connectivity index (χ2n) is 4.41. The monoisotopic (exact) mass is 330 g/mol. The Kier molecular flexibility index (Phi) is 3.28. The predicted octanol–water partition coefficient (Wildman–Crippen LogP) is 3.39. The van der Waals surface area contributed by atoms with Gasteiger partial charge in [0.25, 0.3) is 0 Å². The fourth-order valence-corrected chi connectivity index (χ4v) is 2.77. The van der Waals surface area contributed by atoms with Crippen LogP contribution in [0.15, 0.2) is 53.1 Å². The standard InChI is InChI=1S/C15H11BrN2O2/c16-12-8-4-7-11-14(15(19)20)17-13(18(11)12)9-10-5-2-1-3-6-10/h1-8H,9H2,(H,19,20). The van der Waals surface area contributed by atoms with Gasteiger partial charge >= 0.3 is 5.97 Å². The number of hydrogen-bond acceptors (Lipinski definition) is 2. The Labute approximate surface area is 123 Å². The van der Waals surface area contributed by atoms with Gasteiger partial charge in [-0.2, -0.15) is 0 Å². The lowest BCUT2D eigenvalue weighted by Gasteiger charge is -2.03. The van der Waals surface area contributed by atoms with Gasteiger partial charge in [-0.15, -0.1) is 0 Å². The molecule has 0 fully saturated rings. The zero-order valence-electron chi connectivity index (χ0n) is 10.5. The summed E-state index contributed by atoms with van der Waals surface area (Å²) in [6, 6.07) is 15.3. The van der Waals surface area contributed by atoms with Crippen LogP contribution in [0, 0.1) is 0 Å². The summed E-state index contributed by atoms with van der Waals surface area (Å²) < 4.78 is 2.62. The highest BCUT2D eigenvalue weighted by Gasteiger charge is 2.17. The Balaban J connectivity index is 2.18. The molecule has 3 aromatic rings. The zero-order valence-corrected chi connectivity index (χ0v) is 12.0. The molecule has 0 bridgehead atoms. The number of rotatable bonds is 3. The van der Waals surface area contributed by atoms with Gasteiger partial charge in [0.1, 0.15) is 5.82 Å². The fourth-order valence-electron chi connectivity index (χ4n) is 2.22. The Morgan fingerprint density at radius 2 is 1.90 bits per heavy atom. The Morgan fingerprint density at radius 3 is 2.60 bits per heavy atom. The van der Waals surface area contributed by atoms with Gasteiger partial charge in [0.2, 0.25) is 0 Å². The molecule has 0 atom stereocenters. The normalized spacial score (nSPS) is 10.8. The molecule has 20 heavy (non-hydrogen) atoms. The van der Waals surface area contributed by atoms with E-state index in [4.69, 9.17) is 0 Å². The number of pyridine rings is 1. The van der Waals surface area contributed by atoms with Crippen LogP contribution in [0.1, 0.15) is 21.9 Å². The smallest absolute Gasteiger partial charge is 0.356 e. The minimum Gasteiger partial charge on any atom is -0.476 e. The molecule has 2 heterocycles. The van der Waals surface area contributed by atoms with E-state index in [2.05, 4.69) is 20.9 Å². The summed E-state index contributed by atoms with van der Waals surface area (Å²) in [5.74, 6) is -0.309. The minimum atomic E-state index is -1.01. The zero-order chi connectivity index (χ0) is 14.1. The molecule has 0 aliphatic heterocycles. The van der Waals surface area contributed by atoms with E-state index in [1.54, 1.807) is 12.1 Å². The number of nitrogens with zero attached hydrogens (tertiary/aromatic N) is 2. The lowest BCUT2D eigenvalue weighted by Crippen LogP contribution is -1.98. The quantitative estimate of drug-likeness (QED) is 0.749. The van der Waals surface area contributed by atoms with Crippen molar-refractivity contribution in [3.63, 3.8) is 0 Å². The number of carbonyl (C=O) groups is 1.